The average molecular weight is 400 g/mol. The summed E-state index contributed by atoms with van der Waals surface area (Å²) in [5.74, 6) is -0.454. The molecule has 0 saturated carbocycles. The number of hydrogen-bond donors (Lipinski definition) is 0. The molecule has 0 bridgehead atoms. The lowest BCUT2D eigenvalue weighted by molar-refractivity contribution is -0.164. The summed E-state index contributed by atoms with van der Waals surface area (Å²) in [4.78, 5) is 16.0. The van der Waals surface area contributed by atoms with Crippen molar-refractivity contribution >= 4 is 27.6 Å². The summed E-state index contributed by atoms with van der Waals surface area (Å²) >= 11 is 3.57. The number of anilines is 1. The van der Waals surface area contributed by atoms with Crippen molar-refractivity contribution < 1.29 is 14.6 Å². The second kappa shape index (κ2) is 7.85. The SMILES string of the molecule is CCOC(=O)C([OH2+])N1CCN(c2ccc(Br)cc2C(C)(C)C)CC1. The summed E-state index contributed by atoms with van der Waals surface area (Å²) in [5.41, 5.74) is 2.60. The molecule has 2 rings (SSSR count). The molecule has 0 aliphatic carbocycles. The fourth-order valence-electron chi connectivity index (χ4n) is 2.98. The zero-order valence-electron chi connectivity index (χ0n) is 14.9. The first kappa shape index (κ1) is 19.2. The Morgan fingerprint density at radius 2 is 1.92 bits per heavy atom. The van der Waals surface area contributed by atoms with Crippen LogP contribution in [0, 0.1) is 0 Å². The molecule has 0 aromatic heterocycles. The predicted molar refractivity (Wildman–Crippen MR) is 101 cm³/mol. The normalized spacial score (nSPS) is 17.7. The van der Waals surface area contributed by atoms with Gasteiger partial charge in [0.25, 0.3) is 0 Å². The van der Waals surface area contributed by atoms with Crippen LogP contribution >= 0.6 is 15.9 Å². The molecule has 1 unspecified atom stereocenters. The maximum absolute atomic E-state index is 11.7. The van der Waals surface area contributed by atoms with Crippen LogP contribution in [0.2, 0.25) is 0 Å². The third-order valence-electron chi connectivity index (χ3n) is 4.30. The number of carbonyl (C=O) groups excluding carboxylic acids is 1. The van der Waals surface area contributed by atoms with E-state index in [2.05, 4.69) is 59.8 Å². The fourth-order valence-corrected chi connectivity index (χ4v) is 3.34. The second-order valence-corrected chi connectivity index (χ2v) is 8.00. The van der Waals surface area contributed by atoms with E-state index in [0.29, 0.717) is 19.7 Å². The summed E-state index contributed by atoms with van der Waals surface area (Å²) < 4.78 is 6.04. The summed E-state index contributed by atoms with van der Waals surface area (Å²) in [7, 11) is 0. The van der Waals surface area contributed by atoms with E-state index in [-0.39, 0.29) is 5.41 Å². The molecule has 1 aliphatic heterocycles. The van der Waals surface area contributed by atoms with Crippen molar-refractivity contribution in [1.29, 1.82) is 0 Å². The number of rotatable bonds is 4. The molecular weight excluding hydrogens is 372 g/mol. The zero-order chi connectivity index (χ0) is 17.9. The molecule has 0 spiro atoms. The lowest BCUT2D eigenvalue weighted by Crippen LogP contribution is -2.53. The van der Waals surface area contributed by atoms with Crippen LogP contribution in [0.5, 0.6) is 0 Å². The second-order valence-electron chi connectivity index (χ2n) is 7.09. The molecule has 1 aromatic carbocycles. The number of piperazine rings is 1. The standard InChI is InChI=1S/C18H27BrN2O3/c1-5-24-17(23)16(22)21-10-8-20(9-11-21)15-7-6-13(19)12-14(15)18(2,3)4/h6-7,12,16,22H,5,8-11H2,1-4H3/p+1. The summed E-state index contributed by atoms with van der Waals surface area (Å²) in [6.45, 7) is 11.7. The average Bonchev–Trinajstić information content (AvgIpc) is 2.54. The number of ether oxygens (including phenoxy) is 1. The maximum atomic E-state index is 11.7. The Morgan fingerprint density at radius 1 is 1.29 bits per heavy atom. The summed E-state index contributed by atoms with van der Waals surface area (Å²) in [6, 6.07) is 6.42. The van der Waals surface area contributed by atoms with E-state index in [4.69, 9.17) is 9.84 Å². The molecule has 1 aliphatic rings. The van der Waals surface area contributed by atoms with Gasteiger partial charge in [0.1, 0.15) is 0 Å². The summed E-state index contributed by atoms with van der Waals surface area (Å²) in [6.07, 6.45) is -0.917. The molecule has 2 N–H and O–H groups in total. The van der Waals surface area contributed by atoms with Crippen LogP contribution in [0.25, 0.3) is 0 Å². The first-order chi connectivity index (χ1) is 11.2. The molecule has 5 nitrogen and oxygen atoms in total. The number of nitrogens with zero attached hydrogens (tertiary/aromatic N) is 2. The first-order valence-electron chi connectivity index (χ1n) is 8.41. The van der Waals surface area contributed by atoms with Gasteiger partial charge in [-0.1, -0.05) is 36.7 Å². The van der Waals surface area contributed by atoms with E-state index in [1.165, 1.54) is 11.3 Å². The number of halogens is 1. The van der Waals surface area contributed by atoms with E-state index in [1.54, 1.807) is 6.92 Å². The van der Waals surface area contributed by atoms with Crippen LogP contribution in [0.4, 0.5) is 5.69 Å². The van der Waals surface area contributed by atoms with Crippen LogP contribution in [0.3, 0.4) is 0 Å². The molecule has 1 saturated heterocycles. The monoisotopic (exact) mass is 399 g/mol. The van der Waals surface area contributed by atoms with E-state index in [0.717, 1.165) is 17.6 Å². The van der Waals surface area contributed by atoms with Crippen molar-refractivity contribution in [1.82, 2.24) is 4.90 Å². The molecule has 6 heteroatoms. The van der Waals surface area contributed by atoms with Crippen molar-refractivity contribution in [2.45, 2.75) is 39.3 Å². The Kier molecular flexibility index (Phi) is 6.28. The topological polar surface area (TPSA) is 55.7 Å². The molecule has 0 radical (unpaired) electrons. The van der Waals surface area contributed by atoms with E-state index < -0.39 is 12.2 Å². The summed E-state index contributed by atoms with van der Waals surface area (Å²) in [5, 5.41) is 8.04. The Hall–Kier alpha value is -1.11. The van der Waals surface area contributed by atoms with Crippen molar-refractivity contribution in [3.63, 3.8) is 0 Å². The van der Waals surface area contributed by atoms with Crippen LogP contribution in [-0.4, -0.2) is 55.0 Å². The van der Waals surface area contributed by atoms with Crippen LogP contribution in [0.1, 0.15) is 33.3 Å². The third kappa shape index (κ3) is 4.49. The largest absolute Gasteiger partial charge is 0.459 e. The van der Waals surface area contributed by atoms with Gasteiger partial charge in [-0.2, -0.15) is 0 Å². The van der Waals surface area contributed by atoms with Gasteiger partial charge in [0.2, 0.25) is 0 Å². The number of esters is 1. The lowest BCUT2D eigenvalue weighted by atomic mass is 9.85. The third-order valence-corrected chi connectivity index (χ3v) is 4.79. The van der Waals surface area contributed by atoms with Crippen molar-refractivity contribution in [3.05, 3.63) is 28.2 Å². The highest BCUT2D eigenvalue weighted by molar-refractivity contribution is 9.10. The molecular formula is C18H28BrN2O3+. The van der Waals surface area contributed by atoms with Crippen molar-refractivity contribution in [3.8, 4) is 0 Å². The maximum Gasteiger partial charge on any atom is 0.404 e. The Morgan fingerprint density at radius 3 is 2.46 bits per heavy atom. The van der Waals surface area contributed by atoms with Gasteiger partial charge in [-0.05, 0) is 36.1 Å². The van der Waals surface area contributed by atoms with E-state index in [9.17, 15) is 4.79 Å². The molecule has 1 atom stereocenters. The Bertz CT molecular complexity index is 578. The van der Waals surface area contributed by atoms with E-state index in [1.807, 2.05) is 4.90 Å². The molecule has 1 heterocycles. The van der Waals surface area contributed by atoms with Crippen LogP contribution in [0.15, 0.2) is 22.7 Å². The Balaban J connectivity index is 2.09. The molecule has 1 fully saturated rings. The van der Waals surface area contributed by atoms with Gasteiger partial charge < -0.3 is 14.7 Å². The van der Waals surface area contributed by atoms with E-state index >= 15 is 0 Å². The van der Waals surface area contributed by atoms with Crippen molar-refractivity contribution in [2.75, 3.05) is 37.7 Å². The van der Waals surface area contributed by atoms with Crippen molar-refractivity contribution in [2.24, 2.45) is 0 Å². The molecule has 24 heavy (non-hydrogen) atoms. The Labute approximate surface area is 152 Å². The van der Waals surface area contributed by atoms with Gasteiger partial charge in [-0.3, -0.25) is 0 Å². The van der Waals surface area contributed by atoms with Crippen LogP contribution in [-0.2, 0) is 14.9 Å². The molecule has 1 aromatic rings. The van der Waals surface area contributed by atoms with Crippen LogP contribution < -0.4 is 4.90 Å². The number of benzene rings is 1. The molecule has 0 amide bonds. The van der Waals surface area contributed by atoms with Gasteiger partial charge in [0, 0.05) is 36.3 Å². The molecule has 134 valence electrons. The zero-order valence-corrected chi connectivity index (χ0v) is 16.5. The van der Waals surface area contributed by atoms with Gasteiger partial charge in [-0.25, -0.2) is 9.69 Å². The quantitative estimate of drug-likeness (QED) is 0.576. The highest BCUT2D eigenvalue weighted by Crippen LogP contribution is 2.34. The van der Waals surface area contributed by atoms with Gasteiger partial charge in [-0.15, -0.1) is 0 Å². The highest BCUT2D eigenvalue weighted by Gasteiger charge is 2.33. The van der Waals surface area contributed by atoms with Gasteiger partial charge >= 0.3 is 12.2 Å². The predicted octanol–water partition coefficient (Wildman–Crippen LogP) is 2.48. The smallest absolute Gasteiger partial charge is 0.404 e. The fraction of sp³-hybridized carbons (Fsp3) is 0.611. The first-order valence-corrected chi connectivity index (χ1v) is 9.20. The lowest BCUT2D eigenvalue weighted by Gasteiger charge is -2.38. The minimum absolute atomic E-state index is 0.0547. The van der Waals surface area contributed by atoms with Gasteiger partial charge in [0.05, 0.1) is 6.61 Å². The minimum Gasteiger partial charge on any atom is -0.459 e. The number of hydrogen-bond acceptors (Lipinski definition) is 4. The highest BCUT2D eigenvalue weighted by atomic mass is 79.9. The minimum atomic E-state index is -0.917. The number of carbonyl (C=O) groups is 1. The van der Waals surface area contributed by atoms with Gasteiger partial charge in [0.15, 0.2) is 0 Å².